The first-order valence-electron chi connectivity index (χ1n) is 8.94. The molecule has 0 radical (unpaired) electrons. The minimum atomic E-state index is -0.313. The smallest absolute Gasteiger partial charge is 0.308 e. The maximum Gasteiger partial charge on any atom is 0.308 e. The van der Waals surface area contributed by atoms with E-state index < -0.39 is 0 Å². The van der Waals surface area contributed by atoms with Gasteiger partial charge in [0, 0.05) is 12.1 Å². The lowest BCUT2D eigenvalue weighted by atomic mass is 9.93. The maximum atomic E-state index is 12.2. The molecule has 2 unspecified atom stereocenters. The van der Waals surface area contributed by atoms with Gasteiger partial charge in [0.1, 0.15) is 6.61 Å². The third-order valence-electron chi connectivity index (χ3n) is 3.52. The van der Waals surface area contributed by atoms with Gasteiger partial charge in [-0.3, -0.25) is 9.59 Å². The van der Waals surface area contributed by atoms with Crippen molar-refractivity contribution in [3.8, 4) is 0 Å². The summed E-state index contributed by atoms with van der Waals surface area (Å²) in [6.45, 7) is 17.3. The molecule has 0 fully saturated rings. The second-order valence-electron chi connectivity index (χ2n) is 8.75. The van der Waals surface area contributed by atoms with Crippen molar-refractivity contribution < 1.29 is 19.1 Å². The van der Waals surface area contributed by atoms with Gasteiger partial charge >= 0.3 is 11.9 Å². The van der Waals surface area contributed by atoms with Crippen molar-refractivity contribution in [2.45, 2.75) is 73.8 Å². The largest absolute Gasteiger partial charge is 0.465 e. The molecule has 142 valence electrons. The lowest BCUT2D eigenvalue weighted by Crippen LogP contribution is -2.38. The maximum absolute atomic E-state index is 12.2. The second kappa shape index (κ2) is 10.0. The molecule has 0 aliphatic heterocycles. The highest BCUT2D eigenvalue weighted by atomic mass is 16.5. The summed E-state index contributed by atoms with van der Waals surface area (Å²) in [7, 11) is 0. The van der Waals surface area contributed by atoms with E-state index >= 15 is 0 Å². The zero-order chi connectivity index (χ0) is 19.0. The van der Waals surface area contributed by atoms with Crippen LogP contribution in [0.15, 0.2) is 0 Å². The van der Waals surface area contributed by atoms with Crippen molar-refractivity contribution >= 4 is 11.9 Å². The molecule has 0 aromatic carbocycles. The zero-order valence-electron chi connectivity index (χ0n) is 16.8. The van der Waals surface area contributed by atoms with Crippen LogP contribution in [0.2, 0.25) is 0 Å². The summed E-state index contributed by atoms with van der Waals surface area (Å²) in [5.41, 5.74) is -0.0549. The molecule has 1 N–H and O–H groups in total. The fourth-order valence-corrected chi connectivity index (χ4v) is 2.08. The van der Waals surface area contributed by atoms with E-state index in [2.05, 4.69) is 26.1 Å². The fraction of sp³-hybridized carbons (Fsp3) is 0.895. The van der Waals surface area contributed by atoms with E-state index in [9.17, 15) is 9.59 Å². The number of carbonyl (C=O) groups excluding carboxylic acids is 2. The van der Waals surface area contributed by atoms with E-state index in [4.69, 9.17) is 9.47 Å². The Hall–Kier alpha value is -1.10. The molecule has 0 aliphatic carbocycles. The molecule has 24 heavy (non-hydrogen) atoms. The molecule has 0 saturated heterocycles. The Balaban J connectivity index is 4.26. The zero-order valence-corrected chi connectivity index (χ0v) is 16.8. The van der Waals surface area contributed by atoms with Crippen molar-refractivity contribution in [1.29, 1.82) is 0 Å². The molecular weight excluding hydrogens is 306 g/mol. The molecule has 0 amide bonds. The molecular formula is C19H37NO4. The minimum Gasteiger partial charge on any atom is -0.465 e. The molecule has 2 atom stereocenters. The molecule has 0 saturated carbocycles. The Morgan fingerprint density at radius 3 is 2.04 bits per heavy atom. The SMILES string of the molecule is CCC(CC(C)C(=O)OCCNC(C)(C)C)C(=O)OCC(C)(C)C. The summed E-state index contributed by atoms with van der Waals surface area (Å²) in [5.74, 6) is -1.05. The fourth-order valence-electron chi connectivity index (χ4n) is 2.08. The summed E-state index contributed by atoms with van der Waals surface area (Å²) in [6, 6.07) is 0. The van der Waals surface area contributed by atoms with Crippen molar-refractivity contribution in [3.05, 3.63) is 0 Å². The van der Waals surface area contributed by atoms with Crippen LogP contribution in [0.25, 0.3) is 0 Å². The lowest BCUT2D eigenvalue weighted by molar-refractivity contribution is -0.154. The number of hydrogen-bond acceptors (Lipinski definition) is 5. The molecule has 0 aliphatic rings. The van der Waals surface area contributed by atoms with Crippen LogP contribution in [0.1, 0.15) is 68.2 Å². The topological polar surface area (TPSA) is 64.6 Å². The first-order chi connectivity index (χ1) is 10.9. The number of esters is 2. The van der Waals surface area contributed by atoms with Gasteiger partial charge in [0.05, 0.1) is 18.4 Å². The van der Waals surface area contributed by atoms with Gasteiger partial charge in [-0.05, 0) is 39.0 Å². The van der Waals surface area contributed by atoms with Gasteiger partial charge in [-0.15, -0.1) is 0 Å². The molecule has 0 rings (SSSR count). The summed E-state index contributed by atoms with van der Waals surface area (Å²) in [5, 5.41) is 3.27. The molecule has 5 nitrogen and oxygen atoms in total. The Kier molecular flexibility index (Phi) is 9.56. The van der Waals surface area contributed by atoms with Gasteiger partial charge in [0.15, 0.2) is 0 Å². The predicted octanol–water partition coefficient (Wildman–Crippen LogP) is 3.56. The van der Waals surface area contributed by atoms with E-state index in [1.165, 1.54) is 0 Å². The van der Waals surface area contributed by atoms with Gasteiger partial charge in [-0.25, -0.2) is 0 Å². The number of ether oxygens (including phenoxy) is 2. The minimum absolute atomic E-state index is 0.00213. The molecule has 5 heteroatoms. The number of rotatable bonds is 9. The Bertz CT molecular complexity index is 393. The second-order valence-corrected chi connectivity index (χ2v) is 8.75. The average molecular weight is 344 g/mol. The normalized spacial score (nSPS) is 14.8. The quantitative estimate of drug-likeness (QED) is 0.512. The number of nitrogens with one attached hydrogen (secondary N) is 1. The molecule has 0 spiro atoms. The van der Waals surface area contributed by atoms with Crippen LogP contribution >= 0.6 is 0 Å². The summed E-state index contributed by atoms with van der Waals surface area (Å²) in [4.78, 5) is 24.2. The van der Waals surface area contributed by atoms with Crippen LogP contribution in [0.5, 0.6) is 0 Å². The number of hydrogen-bond donors (Lipinski definition) is 1. The molecule has 0 bridgehead atoms. The van der Waals surface area contributed by atoms with Gasteiger partial charge in [-0.2, -0.15) is 0 Å². The predicted molar refractivity (Wildman–Crippen MR) is 96.7 cm³/mol. The van der Waals surface area contributed by atoms with E-state index in [0.717, 1.165) is 0 Å². The van der Waals surface area contributed by atoms with Crippen molar-refractivity contribution in [3.63, 3.8) is 0 Å². The average Bonchev–Trinajstić information content (AvgIpc) is 2.44. The van der Waals surface area contributed by atoms with Crippen molar-refractivity contribution in [1.82, 2.24) is 5.32 Å². The van der Waals surface area contributed by atoms with Crippen LogP contribution in [-0.4, -0.2) is 37.2 Å². The van der Waals surface area contributed by atoms with Crippen LogP contribution in [0.3, 0.4) is 0 Å². The third kappa shape index (κ3) is 11.4. The van der Waals surface area contributed by atoms with Gasteiger partial charge < -0.3 is 14.8 Å². The van der Waals surface area contributed by atoms with Gasteiger partial charge in [0.25, 0.3) is 0 Å². The van der Waals surface area contributed by atoms with E-state index in [0.29, 0.717) is 32.6 Å². The monoisotopic (exact) mass is 343 g/mol. The summed E-state index contributed by atoms with van der Waals surface area (Å²) >= 11 is 0. The van der Waals surface area contributed by atoms with E-state index in [1.54, 1.807) is 6.92 Å². The lowest BCUT2D eigenvalue weighted by Gasteiger charge is -2.22. The Morgan fingerprint density at radius 2 is 1.58 bits per heavy atom. The Labute approximate surface area is 147 Å². The van der Waals surface area contributed by atoms with Crippen LogP contribution in [-0.2, 0) is 19.1 Å². The highest BCUT2D eigenvalue weighted by molar-refractivity contribution is 5.75. The molecule has 0 aromatic rings. The van der Waals surface area contributed by atoms with Gasteiger partial charge in [0.2, 0.25) is 0 Å². The molecule has 0 heterocycles. The number of carbonyl (C=O) groups is 2. The van der Waals surface area contributed by atoms with Crippen molar-refractivity contribution in [2.75, 3.05) is 19.8 Å². The van der Waals surface area contributed by atoms with E-state index in [-0.39, 0.29) is 34.7 Å². The first kappa shape index (κ1) is 22.9. The molecule has 0 aromatic heterocycles. The van der Waals surface area contributed by atoms with Crippen LogP contribution in [0.4, 0.5) is 0 Å². The standard InChI is InChI=1S/C19H37NO4/c1-9-15(17(22)24-13-18(3,4)5)12-14(2)16(21)23-11-10-20-19(6,7)8/h14-15,20H,9-13H2,1-8H3. The van der Waals surface area contributed by atoms with Crippen LogP contribution < -0.4 is 5.32 Å². The highest BCUT2D eigenvalue weighted by Gasteiger charge is 2.26. The van der Waals surface area contributed by atoms with E-state index in [1.807, 2.05) is 27.7 Å². The van der Waals surface area contributed by atoms with Crippen molar-refractivity contribution in [2.24, 2.45) is 17.3 Å². The van der Waals surface area contributed by atoms with Crippen LogP contribution in [0, 0.1) is 17.3 Å². The first-order valence-corrected chi connectivity index (χ1v) is 8.94. The summed E-state index contributed by atoms with van der Waals surface area (Å²) < 4.78 is 10.7. The van der Waals surface area contributed by atoms with Gasteiger partial charge in [-0.1, -0.05) is 34.6 Å². The highest BCUT2D eigenvalue weighted by Crippen LogP contribution is 2.20. The summed E-state index contributed by atoms with van der Waals surface area (Å²) in [6.07, 6.45) is 1.12. The third-order valence-corrected chi connectivity index (χ3v) is 3.52. The Morgan fingerprint density at radius 1 is 1.00 bits per heavy atom.